The van der Waals surface area contributed by atoms with Crippen LogP contribution in [0.15, 0.2) is 4.99 Å². The van der Waals surface area contributed by atoms with Crippen LogP contribution in [-0.4, -0.2) is 85.5 Å². The summed E-state index contributed by atoms with van der Waals surface area (Å²) in [5.74, 6) is 2.38. The van der Waals surface area contributed by atoms with E-state index in [-0.39, 0.29) is 0 Å². The first kappa shape index (κ1) is 20.4. The fourth-order valence-corrected chi connectivity index (χ4v) is 4.13. The summed E-state index contributed by atoms with van der Waals surface area (Å²) in [7, 11) is 0. The summed E-state index contributed by atoms with van der Waals surface area (Å²) in [5, 5.41) is 3.45. The Kier molecular flexibility index (Phi) is 8.24. The lowest BCUT2D eigenvalue weighted by Gasteiger charge is -2.37. The molecule has 1 aliphatic carbocycles. The molecule has 0 aromatic heterocycles. The maximum Gasteiger partial charge on any atom is 0.236 e. The zero-order valence-electron chi connectivity index (χ0n) is 17.3. The number of piperazine rings is 1. The van der Waals surface area contributed by atoms with Crippen LogP contribution in [0.3, 0.4) is 0 Å². The minimum Gasteiger partial charge on any atom is -0.357 e. The molecule has 3 rings (SSSR count). The third kappa shape index (κ3) is 6.98. The van der Waals surface area contributed by atoms with Gasteiger partial charge in [-0.1, -0.05) is 25.7 Å². The molecule has 0 spiro atoms. The van der Waals surface area contributed by atoms with Crippen molar-refractivity contribution in [3.05, 3.63) is 0 Å². The number of nitrogens with zero attached hydrogens (tertiary/aromatic N) is 4. The third-order valence-electron chi connectivity index (χ3n) is 6.05. The van der Waals surface area contributed by atoms with Gasteiger partial charge >= 0.3 is 0 Å². The molecule has 0 aromatic carbocycles. The molecule has 2 saturated heterocycles. The van der Waals surface area contributed by atoms with Crippen LogP contribution in [0.2, 0.25) is 0 Å². The SMILES string of the molecule is CCNC(=NCCCC1CC1)N1CCN(CC(=O)N2CCCCCC2)CC1. The van der Waals surface area contributed by atoms with Gasteiger partial charge in [-0.05, 0) is 38.5 Å². The van der Waals surface area contributed by atoms with Crippen molar-refractivity contribution in [2.75, 3.05) is 58.9 Å². The van der Waals surface area contributed by atoms with E-state index in [1.807, 2.05) is 0 Å². The van der Waals surface area contributed by atoms with E-state index in [0.717, 1.165) is 64.2 Å². The average Bonchev–Trinajstić information content (AvgIpc) is 3.51. The van der Waals surface area contributed by atoms with E-state index in [4.69, 9.17) is 4.99 Å². The molecule has 0 bridgehead atoms. The molecule has 1 saturated carbocycles. The zero-order chi connectivity index (χ0) is 18.9. The summed E-state index contributed by atoms with van der Waals surface area (Å²) in [6.45, 7) is 10.3. The summed E-state index contributed by atoms with van der Waals surface area (Å²) >= 11 is 0. The van der Waals surface area contributed by atoms with E-state index in [2.05, 4.69) is 26.9 Å². The molecule has 6 heteroatoms. The number of aliphatic imine (C=N–C) groups is 1. The zero-order valence-corrected chi connectivity index (χ0v) is 17.3. The van der Waals surface area contributed by atoms with Crippen molar-refractivity contribution < 1.29 is 4.79 Å². The highest BCUT2D eigenvalue weighted by Crippen LogP contribution is 2.33. The van der Waals surface area contributed by atoms with Crippen molar-refractivity contribution in [3.8, 4) is 0 Å². The predicted molar refractivity (Wildman–Crippen MR) is 111 cm³/mol. The second-order valence-electron chi connectivity index (χ2n) is 8.38. The van der Waals surface area contributed by atoms with Gasteiger partial charge in [0.15, 0.2) is 5.96 Å². The van der Waals surface area contributed by atoms with Gasteiger partial charge in [0.25, 0.3) is 0 Å². The van der Waals surface area contributed by atoms with Crippen molar-refractivity contribution in [2.45, 2.75) is 58.3 Å². The molecule has 154 valence electrons. The van der Waals surface area contributed by atoms with E-state index in [9.17, 15) is 4.79 Å². The van der Waals surface area contributed by atoms with E-state index >= 15 is 0 Å². The van der Waals surface area contributed by atoms with Crippen molar-refractivity contribution in [1.29, 1.82) is 0 Å². The van der Waals surface area contributed by atoms with Gasteiger partial charge in [-0.15, -0.1) is 0 Å². The Hall–Kier alpha value is -1.30. The Morgan fingerprint density at radius 1 is 0.963 bits per heavy atom. The van der Waals surface area contributed by atoms with Gasteiger partial charge in [0.2, 0.25) is 5.91 Å². The Morgan fingerprint density at radius 2 is 1.67 bits per heavy atom. The van der Waals surface area contributed by atoms with Crippen LogP contribution in [0.4, 0.5) is 0 Å². The van der Waals surface area contributed by atoms with Gasteiger partial charge in [0.1, 0.15) is 0 Å². The van der Waals surface area contributed by atoms with Crippen LogP contribution in [-0.2, 0) is 4.79 Å². The van der Waals surface area contributed by atoms with Crippen molar-refractivity contribution in [2.24, 2.45) is 10.9 Å². The number of guanidine groups is 1. The molecule has 6 nitrogen and oxygen atoms in total. The Labute approximate surface area is 165 Å². The van der Waals surface area contributed by atoms with E-state index in [0.29, 0.717) is 12.5 Å². The summed E-state index contributed by atoms with van der Waals surface area (Å²) in [4.78, 5) is 24.2. The second-order valence-corrected chi connectivity index (χ2v) is 8.38. The van der Waals surface area contributed by atoms with Crippen LogP contribution < -0.4 is 5.32 Å². The first-order valence-electron chi connectivity index (χ1n) is 11.3. The monoisotopic (exact) mass is 377 g/mol. The lowest BCUT2D eigenvalue weighted by Crippen LogP contribution is -2.54. The second kappa shape index (κ2) is 10.9. The molecule has 1 amide bonds. The van der Waals surface area contributed by atoms with Gasteiger partial charge in [0.05, 0.1) is 6.54 Å². The molecule has 0 aromatic rings. The quantitative estimate of drug-likeness (QED) is 0.420. The first-order valence-corrected chi connectivity index (χ1v) is 11.3. The Balaban J connectivity index is 1.40. The first-order chi connectivity index (χ1) is 13.3. The fourth-order valence-electron chi connectivity index (χ4n) is 4.13. The Morgan fingerprint density at radius 3 is 2.30 bits per heavy atom. The van der Waals surface area contributed by atoms with E-state index in [1.165, 1.54) is 51.4 Å². The Bertz CT molecular complexity index is 475. The molecular weight excluding hydrogens is 338 g/mol. The van der Waals surface area contributed by atoms with Crippen molar-refractivity contribution >= 4 is 11.9 Å². The number of carbonyl (C=O) groups excluding carboxylic acids is 1. The molecule has 0 unspecified atom stereocenters. The average molecular weight is 378 g/mol. The standard InChI is InChI=1S/C21H39N5O/c1-2-22-21(23-11-7-8-19-9-10-19)26-16-14-24(15-17-26)18-20(27)25-12-5-3-4-6-13-25/h19H,2-18H2,1H3,(H,22,23). The minimum absolute atomic E-state index is 0.325. The molecular formula is C21H39N5O. The molecule has 3 fully saturated rings. The minimum atomic E-state index is 0.325. The van der Waals surface area contributed by atoms with Crippen LogP contribution >= 0.6 is 0 Å². The third-order valence-corrected chi connectivity index (χ3v) is 6.05. The maximum absolute atomic E-state index is 12.6. The smallest absolute Gasteiger partial charge is 0.236 e. The number of carbonyl (C=O) groups is 1. The highest BCUT2D eigenvalue weighted by atomic mass is 16.2. The topological polar surface area (TPSA) is 51.2 Å². The summed E-state index contributed by atoms with van der Waals surface area (Å²) in [6.07, 6.45) is 10.3. The van der Waals surface area contributed by atoms with Crippen LogP contribution in [0, 0.1) is 5.92 Å². The van der Waals surface area contributed by atoms with Gasteiger partial charge in [-0.2, -0.15) is 0 Å². The molecule has 0 atom stereocenters. The molecule has 3 aliphatic rings. The molecule has 0 radical (unpaired) electrons. The number of likely N-dealkylation sites (tertiary alicyclic amines) is 1. The highest BCUT2D eigenvalue weighted by molar-refractivity contribution is 5.80. The molecule has 1 N–H and O–H groups in total. The molecule has 2 aliphatic heterocycles. The van der Waals surface area contributed by atoms with Crippen molar-refractivity contribution in [1.82, 2.24) is 20.0 Å². The van der Waals surface area contributed by atoms with Crippen molar-refractivity contribution in [3.63, 3.8) is 0 Å². The summed E-state index contributed by atoms with van der Waals surface area (Å²) in [6, 6.07) is 0. The lowest BCUT2D eigenvalue weighted by molar-refractivity contribution is -0.132. The number of rotatable bonds is 7. The lowest BCUT2D eigenvalue weighted by atomic mass is 10.2. The fraction of sp³-hybridized carbons (Fsp3) is 0.905. The van der Waals surface area contributed by atoms with Gasteiger partial charge < -0.3 is 15.1 Å². The highest BCUT2D eigenvalue weighted by Gasteiger charge is 2.24. The van der Waals surface area contributed by atoms with E-state index in [1.54, 1.807) is 0 Å². The normalized spacial score (nSPS) is 22.6. The van der Waals surface area contributed by atoms with Gasteiger partial charge in [0, 0.05) is 52.4 Å². The van der Waals surface area contributed by atoms with Crippen LogP contribution in [0.1, 0.15) is 58.3 Å². The summed E-state index contributed by atoms with van der Waals surface area (Å²) in [5.41, 5.74) is 0. The summed E-state index contributed by atoms with van der Waals surface area (Å²) < 4.78 is 0. The van der Waals surface area contributed by atoms with Gasteiger partial charge in [-0.3, -0.25) is 14.7 Å². The number of hydrogen-bond donors (Lipinski definition) is 1. The van der Waals surface area contributed by atoms with Gasteiger partial charge in [-0.25, -0.2) is 0 Å². The number of amides is 1. The maximum atomic E-state index is 12.6. The van der Waals surface area contributed by atoms with Crippen LogP contribution in [0.5, 0.6) is 0 Å². The molecule has 27 heavy (non-hydrogen) atoms. The predicted octanol–water partition coefficient (Wildman–Crippen LogP) is 2.16. The van der Waals surface area contributed by atoms with Crippen LogP contribution in [0.25, 0.3) is 0 Å². The number of nitrogens with one attached hydrogen (secondary N) is 1. The van der Waals surface area contributed by atoms with E-state index < -0.39 is 0 Å². The molecule has 2 heterocycles. The largest absolute Gasteiger partial charge is 0.357 e. The number of hydrogen-bond acceptors (Lipinski definition) is 3.